The summed E-state index contributed by atoms with van der Waals surface area (Å²) in [6, 6.07) is 24.8. The van der Waals surface area contributed by atoms with Crippen molar-refractivity contribution in [2.45, 2.75) is 31.8 Å². The van der Waals surface area contributed by atoms with Gasteiger partial charge in [-0.2, -0.15) is 0 Å². The van der Waals surface area contributed by atoms with Gasteiger partial charge in [0.1, 0.15) is 11.9 Å². The molecule has 1 atom stereocenters. The lowest BCUT2D eigenvalue weighted by molar-refractivity contribution is -0.141. The van der Waals surface area contributed by atoms with Crippen molar-refractivity contribution in [1.82, 2.24) is 10.2 Å². The quantitative estimate of drug-likeness (QED) is 0.568. The number of halogens is 1. The largest absolute Gasteiger partial charge is 0.357 e. The number of rotatable bonds is 9. The Morgan fingerprint density at radius 1 is 0.839 bits per heavy atom. The van der Waals surface area contributed by atoms with Crippen LogP contribution < -0.4 is 5.32 Å². The van der Waals surface area contributed by atoms with E-state index in [9.17, 15) is 14.0 Å². The molecule has 0 aliphatic rings. The minimum absolute atomic E-state index is 0.113. The summed E-state index contributed by atoms with van der Waals surface area (Å²) in [7, 11) is 1.57. The number of hydrogen-bond donors (Lipinski definition) is 1. The summed E-state index contributed by atoms with van der Waals surface area (Å²) >= 11 is 0. The van der Waals surface area contributed by atoms with Gasteiger partial charge in [-0.25, -0.2) is 4.39 Å². The number of hydrogen-bond acceptors (Lipinski definition) is 2. The predicted molar refractivity (Wildman–Crippen MR) is 120 cm³/mol. The molecule has 3 aromatic rings. The molecule has 0 saturated carbocycles. The molecular formula is C26H27FN2O2. The van der Waals surface area contributed by atoms with E-state index in [-0.39, 0.29) is 30.6 Å². The van der Waals surface area contributed by atoms with Gasteiger partial charge in [0.25, 0.3) is 0 Å². The van der Waals surface area contributed by atoms with E-state index in [1.807, 2.05) is 60.7 Å². The fourth-order valence-electron chi connectivity index (χ4n) is 3.55. The second-order valence-corrected chi connectivity index (χ2v) is 7.45. The number of benzene rings is 3. The second-order valence-electron chi connectivity index (χ2n) is 7.45. The Hall–Kier alpha value is -3.47. The second kappa shape index (κ2) is 11.1. The van der Waals surface area contributed by atoms with E-state index in [0.29, 0.717) is 12.8 Å². The first kappa shape index (κ1) is 22.2. The fraction of sp³-hybridized carbons (Fsp3) is 0.231. The minimum Gasteiger partial charge on any atom is -0.357 e. The van der Waals surface area contributed by atoms with Crippen LogP contribution in [0.5, 0.6) is 0 Å². The normalized spacial score (nSPS) is 11.5. The number of nitrogens with one attached hydrogen (secondary N) is 1. The zero-order valence-electron chi connectivity index (χ0n) is 17.6. The number of nitrogens with zero attached hydrogens (tertiary/aromatic N) is 1. The highest BCUT2D eigenvalue weighted by atomic mass is 19.1. The van der Waals surface area contributed by atoms with Gasteiger partial charge in [-0.05, 0) is 35.2 Å². The van der Waals surface area contributed by atoms with Crippen molar-refractivity contribution in [2.24, 2.45) is 0 Å². The fourth-order valence-corrected chi connectivity index (χ4v) is 3.55. The molecule has 0 bridgehead atoms. The zero-order chi connectivity index (χ0) is 22.1. The van der Waals surface area contributed by atoms with Gasteiger partial charge in [0, 0.05) is 26.4 Å². The molecule has 0 radical (unpaired) electrons. The lowest BCUT2D eigenvalue weighted by Gasteiger charge is -2.31. The first-order valence-corrected chi connectivity index (χ1v) is 10.4. The molecule has 0 fully saturated rings. The number of amides is 2. The third-order valence-electron chi connectivity index (χ3n) is 5.25. The molecule has 2 amide bonds. The first-order chi connectivity index (χ1) is 15.1. The summed E-state index contributed by atoms with van der Waals surface area (Å²) in [4.78, 5) is 27.7. The highest BCUT2D eigenvalue weighted by molar-refractivity contribution is 5.88. The first-order valence-electron chi connectivity index (χ1n) is 10.4. The molecule has 0 spiro atoms. The van der Waals surface area contributed by atoms with E-state index in [4.69, 9.17) is 0 Å². The highest BCUT2D eigenvalue weighted by Crippen LogP contribution is 2.17. The SMILES string of the molecule is CNC(=O)[C@@H](Cc1ccccc1)N(Cc1ccc(F)cc1)C(=O)CCc1ccccc1. The van der Waals surface area contributed by atoms with E-state index in [1.54, 1.807) is 24.1 Å². The summed E-state index contributed by atoms with van der Waals surface area (Å²) in [6.07, 6.45) is 1.28. The highest BCUT2D eigenvalue weighted by Gasteiger charge is 2.29. The van der Waals surface area contributed by atoms with Crippen molar-refractivity contribution >= 4 is 11.8 Å². The number of carbonyl (C=O) groups is 2. The van der Waals surface area contributed by atoms with Crippen molar-refractivity contribution < 1.29 is 14.0 Å². The van der Waals surface area contributed by atoms with Gasteiger partial charge in [-0.3, -0.25) is 9.59 Å². The maximum absolute atomic E-state index is 13.4. The summed E-state index contributed by atoms with van der Waals surface area (Å²) < 4.78 is 13.4. The van der Waals surface area contributed by atoms with Gasteiger partial charge >= 0.3 is 0 Å². The molecule has 0 aliphatic carbocycles. The lowest BCUT2D eigenvalue weighted by atomic mass is 10.0. The molecular weight excluding hydrogens is 391 g/mol. The zero-order valence-corrected chi connectivity index (χ0v) is 17.6. The molecule has 31 heavy (non-hydrogen) atoms. The van der Waals surface area contributed by atoms with Crippen LogP contribution in [0.25, 0.3) is 0 Å². The number of likely N-dealkylation sites (N-methyl/N-ethyl adjacent to an activating group) is 1. The van der Waals surface area contributed by atoms with Crippen LogP contribution in [0, 0.1) is 5.82 Å². The Morgan fingerprint density at radius 3 is 2.00 bits per heavy atom. The molecule has 0 unspecified atom stereocenters. The Labute approximate surface area is 182 Å². The van der Waals surface area contributed by atoms with Gasteiger partial charge in [-0.15, -0.1) is 0 Å². The van der Waals surface area contributed by atoms with Crippen LogP contribution in [0.2, 0.25) is 0 Å². The van der Waals surface area contributed by atoms with Crippen LogP contribution >= 0.6 is 0 Å². The molecule has 3 rings (SSSR count). The minimum atomic E-state index is -0.666. The van der Waals surface area contributed by atoms with E-state index >= 15 is 0 Å². The Kier molecular flexibility index (Phi) is 7.93. The third-order valence-corrected chi connectivity index (χ3v) is 5.25. The Morgan fingerprint density at radius 2 is 1.42 bits per heavy atom. The monoisotopic (exact) mass is 418 g/mol. The Bertz CT molecular complexity index is 975. The molecule has 0 heterocycles. The van der Waals surface area contributed by atoms with Crippen LogP contribution in [0.15, 0.2) is 84.9 Å². The standard InChI is InChI=1S/C26H27FN2O2/c1-28-26(31)24(18-21-10-6-3-7-11-21)29(19-22-12-15-23(27)16-13-22)25(30)17-14-20-8-4-2-5-9-20/h2-13,15-16,24H,14,17-19H2,1H3,(H,28,31)/t24-/m1/s1. The van der Waals surface area contributed by atoms with E-state index in [2.05, 4.69) is 5.32 Å². The molecule has 0 aliphatic heterocycles. The van der Waals surface area contributed by atoms with Gasteiger partial charge < -0.3 is 10.2 Å². The predicted octanol–water partition coefficient (Wildman–Crippen LogP) is 4.14. The maximum Gasteiger partial charge on any atom is 0.242 e. The van der Waals surface area contributed by atoms with Crippen molar-refractivity contribution in [3.8, 4) is 0 Å². The summed E-state index contributed by atoms with van der Waals surface area (Å²) in [5, 5.41) is 2.70. The van der Waals surface area contributed by atoms with Crippen molar-refractivity contribution in [1.29, 1.82) is 0 Å². The molecule has 160 valence electrons. The Balaban J connectivity index is 1.86. The number of aryl methyl sites for hydroxylation is 1. The van der Waals surface area contributed by atoms with Gasteiger partial charge in [-0.1, -0.05) is 72.8 Å². The molecule has 4 nitrogen and oxygen atoms in total. The average Bonchev–Trinajstić information content (AvgIpc) is 2.81. The van der Waals surface area contributed by atoms with Crippen molar-refractivity contribution in [3.05, 3.63) is 107 Å². The van der Waals surface area contributed by atoms with Crippen LogP contribution in [0.4, 0.5) is 4.39 Å². The van der Waals surface area contributed by atoms with E-state index in [1.165, 1.54) is 12.1 Å². The summed E-state index contributed by atoms with van der Waals surface area (Å²) in [6.45, 7) is 0.235. The lowest BCUT2D eigenvalue weighted by Crippen LogP contribution is -2.49. The van der Waals surface area contributed by atoms with Crippen LogP contribution in [-0.2, 0) is 29.0 Å². The molecule has 0 aromatic heterocycles. The van der Waals surface area contributed by atoms with E-state index < -0.39 is 6.04 Å². The summed E-state index contributed by atoms with van der Waals surface area (Å²) in [5.74, 6) is -0.672. The average molecular weight is 419 g/mol. The van der Waals surface area contributed by atoms with Crippen LogP contribution in [-0.4, -0.2) is 29.8 Å². The van der Waals surface area contributed by atoms with Crippen LogP contribution in [0.3, 0.4) is 0 Å². The molecule has 0 saturated heterocycles. The van der Waals surface area contributed by atoms with Crippen LogP contribution in [0.1, 0.15) is 23.1 Å². The maximum atomic E-state index is 13.4. The summed E-state index contributed by atoms with van der Waals surface area (Å²) in [5.41, 5.74) is 2.81. The molecule has 3 aromatic carbocycles. The van der Waals surface area contributed by atoms with Crippen molar-refractivity contribution in [3.63, 3.8) is 0 Å². The van der Waals surface area contributed by atoms with Crippen molar-refractivity contribution in [2.75, 3.05) is 7.05 Å². The third kappa shape index (κ3) is 6.51. The van der Waals surface area contributed by atoms with Gasteiger partial charge in [0.15, 0.2) is 0 Å². The topological polar surface area (TPSA) is 49.4 Å². The van der Waals surface area contributed by atoms with E-state index in [0.717, 1.165) is 16.7 Å². The smallest absolute Gasteiger partial charge is 0.242 e. The molecule has 1 N–H and O–H groups in total. The number of carbonyl (C=O) groups excluding carboxylic acids is 2. The van der Waals surface area contributed by atoms with Gasteiger partial charge in [0.2, 0.25) is 11.8 Å². The van der Waals surface area contributed by atoms with Gasteiger partial charge in [0.05, 0.1) is 0 Å². The molecule has 5 heteroatoms.